The molecule has 1 aliphatic carbocycles. The van der Waals surface area contributed by atoms with Gasteiger partial charge in [0, 0.05) is 5.56 Å². The van der Waals surface area contributed by atoms with E-state index < -0.39 is 41.4 Å². The van der Waals surface area contributed by atoms with E-state index in [1.165, 1.54) is 19.2 Å². The fourth-order valence-corrected chi connectivity index (χ4v) is 3.97. The van der Waals surface area contributed by atoms with Crippen molar-refractivity contribution in [3.8, 4) is 11.5 Å². The van der Waals surface area contributed by atoms with E-state index >= 15 is 0 Å². The smallest absolute Gasteiger partial charge is 0.418 e. The average molecular weight is 482 g/mol. The molecule has 3 unspecified atom stereocenters. The van der Waals surface area contributed by atoms with Crippen LogP contribution in [0.2, 0.25) is 0 Å². The molecule has 7 nitrogen and oxygen atoms in total. The van der Waals surface area contributed by atoms with Crippen LogP contribution in [0, 0.1) is 0 Å². The summed E-state index contributed by atoms with van der Waals surface area (Å²) in [6.07, 6.45) is -8.34. The number of methoxy groups -OCH3 is 2. The van der Waals surface area contributed by atoms with E-state index in [1.807, 2.05) is 0 Å². The van der Waals surface area contributed by atoms with E-state index in [0.29, 0.717) is 23.3 Å². The van der Waals surface area contributed by atoms with Gasteiger partial charge in [-0.1, -0.05) is 26.8 Å². The van der Waals surface area contributed by atoms with Crippen LogP contribution in [0.5, 0.6) is 11.5 Å². The summed E-state index contributed by atoms with van der Waals surface area (Å²) in [5.74, 6) is 0.273. The van der Waals surface area contributed by atoms with Gasteiger partial charge in [-0.15, -0.1) is 0 Å². The number of urea groups is 1. The molecule has 3 atom stereocenters. The van der Waals surface area contributed by atoms with Gasteiger partial charge in [-0.25, -0.2) is 4.79 Å². The summed E-state index contributed by atoms with van der Waals surface area (Å²) in [4.78, 5) is 12.8. The number of fused-ring (bicyclic) bond motifs is 1. The first-order chi connectivity index (χ1) is 15.8. The molecule has 0 aliphatic heterocycles. The molecule has 2 aromatic rings. The summed E-state index contributed by atoms with van der Waals surface area (Å²) in [5, 5.41) is 25.8. The number of carbonyl (C=O) groups excluding carboxylic acids is 1. The molecule has 10 heteroatoms. The summed E-state index contributed by atoms with van der Waals surface area (Å²) in [6, 6.07) is 6.60. The molecule has 3 rings (SSSR count). The number of hydrogen-bond acceptors (Lipinski definition) is 5. The highest BCUT2D eigenvalue weighted by molar-refractivity contribution is 5.92. The Hall–Kier alpha value is -2.98. The molecule has 0 aromatic heterocycles. The monoisotopic (exact) mass is 482 g/mol. The summed E-state index contributed by atoms with van der Waals surface area (Å²) < 4.78 is 50.3. The minimum Gasteiger partial charge on any atom is -0.497 e. The summed E-state index contributed by atoms with van der Waals surface area (Å²) >= 11 is 0. The number of anilines is 1. The molecule has 0 bridgehead atoms. The highest BCUT2D eigenvalue weighted by atomic mass is 19.4. The number of alkyl halides is 3. The predicted octanol–water partition coefficient (Wildman–Crippen LogP) is 4.38. The SMILES string of the molecule is COc1ccc2c(c1)C(O)C(NC(=O)Nc1cc(C(C)(C)C)cc(C(O)C(F)(F)F)c1OC)C2. The van der Waals surface area contributed by atoms with Gasteiger partial charge < -0.3 is 30.3 Å². The van der Waals surface area contributed by atoms with Crippen LogP contribution < -0.4 is 20.1 Å². The number of rotatable bonds is 5. The second kappa shape index (κ2) is 9.34. The van der Waals surface area contributed by atoms with Gasteiger partial charge in [0.15, 0.2) is 6.10 Å². The number of carbonyl (C=O) groups is 1. The van der Waals surface area contributed by atoms with Gasteiger partial charge >= 0.3 is 12.2 Å². The van der Waals surface area contributed by atoms with Crippen LogP contribution in [-0.4, -0.2) is 42.7 Å². The van der Waals surface area contributed by atoms with Gasteiger partial charge in [0.2, 0.25) is 0 Å². The third-order valence-corrected chi connectivity index (χ3v) is 5.85. The Morgan fingerprint density at radius 2 is 1.79 bits per heavy atom. The summed E-state index contributed by atoms with van der Waals surface area (Å²) in [5.41, 5.74) is 0.827. The van der Waals surface area contributed by atoms with E-state index in [4.69, 9.17) is 9.47 Å². The van der Waals surface area contributed by atoms with Gasteiger partial charge in [-0.2, -0.15) is 13.2 Å². The lowest BCUT2D eigenvalue weighted by atomic mass is 9.84. The van der Waals surface area contributed by atoms with Crippen molar-refractivity contribution in [3.63, 3.8) is 0 Å². The minimum atomic E-state index is -4.93. The fraction of sp³-hybridized carbons (Fsp3) is 0.458. The highest BCUT2D eigenvalue weighted by Gasteiger charge is 2.42. The maximum atomic E-state index is 13.3. The van der Waals surface area contributed by atoms with Gasteiger partial charge in [0.25, 0.3) is 0 Å². The second-order valence-corrected chi connectivity index (χ2v) is 9.26. The molecule has 4 N–H and O–H groups in total. The zero-order valence-electron chi connectivity index (χ0n) is 19.6. The first kappa shape index (κ1) is 25.6. The maximum Gasteiger partial charge on any atom is 0.418 e. The topological polar surface area (TPSA) is 100 Å². The predicted molar refractivity (Wildman–Crippen MR) is 120 cm³/mol. The zero-order valence-corrected chi connectivity index (χ0v) is 19.6. The molecule has 2 amide bonds. The third kappa shape index (κ3) is 5.23. The molecule has 0 spiro atoms. The van der Waals surface area contributed by atoms with E-state index in [9.17, 15) is 28.2 Å². The third-order valence-electron chi connectivity index (χ3n) is 5.85. The van der Waals surface area contributed by atoms with E-state index in [0.717, 1.165) is 12.7 Å². The first-order valence-electron chi connectivity index (χ1n) is 10.7. The lowest BCUT2D eigenvalue weighted by molar-refractivity contribution is -0.207. The number of amides is 2. The Labute approximate surface area is 195 Å². The molecule has 0 fully saturated rings. The summed E-state index contributed by atoms with van der Waals surface area (Å²) in [6.45, 7) is 5.38. The second-order valence-electron chi connectivity index (χ2n) is 9.26. The van der Waals surface area contributed by atoms with Crippen molar-refractivity contribution in [2.24, 2.45) is 0 Å². The fourth-order valence-electron chi connectivity index (χ4n) is 3.97. The largest absolute Gasteiger partial charge is 0.497 e. The Kier molecular flexibility index (Phi) is 7.05. The van der Waals surface area contributed by atoms with E-state index in [-0.39, 0.29) is 11.4 Å². The summed E-state index contributed by atoms with van der Waals surface area (Å²) in [7, 11) is 2.67. The standard InChI is InChI=1S/C24H29F3N2O5/c1-23(2,3)13-9-16(21(31)24(25,26)27)20(34-5)18(10-13)29-22(32)28-17-8-12-6-7-14(33-4)11-15(12)19(17)30/h6-7,9-11,17,19,21,30-31H,8H2,1-5H3,(H2,28,29,32). The Balaban J connectivity index is 1.89. The molecule has 0 saturated heterocycles. The van der Waals surface area contributed by atoms with Crippen molar-refractivity contribution in [1.82, 2.24) is 5.32 Å². The zero-order chi connectivity index (χ0) is 25.4. The number of halogens is 3. The Bertz CT molecular complexity index is 1070. The van der Waals surface area contributed by atoms with Crippen molar-refractivity contribution in [3.05, 3.63) is 52.6 Å². The number of hydrogen-bond donors (Lipinski definition) is 4. The molecule has 34 heavy (non-hydrogen) atoms. The van der Waals surface area contributed by atoms with Gasteiger partial charge in [-0.05, 0) is 52.8 Å². The van der Waals surface area contributed by atoms with Crippen molar-refractivity contribution in [1.29, 1.82) is 0 Å². The molecule has 0 saturated carbocycles. The number of aliphatic hydroxyl groups is 2. The van der Waals surface area contributed by atoms with Crippen molar-refractivity contribution < 1.29 is 37.7 Å². The van der Waals surface area contributed by atoms with Crippen molar-refractivity contribution >= 4 is 11.7 Å². The highest BCUT2D eigenvalue weighted by Crippen LogP contribution is 2.43. The number of aliphatic hydroxyl groups excluding tert-OH is 2. The number of ether oxygens (including phenoxy) is 2. The molecule has 2 aromatic carbocycles. The molecule has 1 aliphatic rings. The van der Waals surface area contributed by atoms with Crippen molar-refractivity contribution in [2.75, 3.05) is 19.5 Å². The van der Waals surface area contributed by atoms with Crippen LogP contribution >= 0.6 is 0 Å². The van der Waals surface area contributed by atoms with E-state index in [1.54, 1.807) is 39.0 Å². The quantitative estimate of drug-likeness (QED) is 0.507. The van der Waals surface area contributed by atoms with Crippen LogP contribution in [-0.2, 0) is 11.8 Å². The molecular formula is C24H29F3N2O5. The Morgan fingerprint density at radius 1 is 1.12 bits per heavy atom. The number of benzene rings is 2. The first-order valence-corrected chi connectivity index (χ1v) is 10.7. The lowest BCUT2D eigenvalue weighted by Gasteiger charge is -2.26. The molecule has 0 radical (unpaired) electrons. The van der Waals surface area contributed by atoms with Crippen LogP contribution in [0.3, 0.4) is 0 Å². The Morgan fingerprint density at radius 3 is 2.35 bits per heavy atom. The van der Waals surface area contributed by atoms with Crippen molar-refractivity contribution in [2.45, 2.75) is 57.0 Å². The van der Waals surface area contributed by atoms with Crippen LogP contribution in [0.15, 0.2) is 30.3 Å². The molecule has 0 heterocycles. The normalized spacial score (nSPS) is 18.8. The van der Waals surface area contributed by atoms with Gasteiger partial charge in [0.1, 0.15) is 11.5 Å². The number of nitrogens with one attached hydrogen (secondary N) is 2. The van der Waals surface area contributed by atoms with Crippen LogP contribution in [0.25, 0.3) is 0 Å². The van der Waals surface area contributed by atoms with Gasteiger partial charge in [0.05, 0.1) is 32.1 Å². The minimum absolute atomic E-state index is 0.0302. The molecule has 186 valence electrons. The van der Waals surface area contributed by atoms with E-state index in [2.05, 4.69) is 10.6 Å². The van der Waals surface area contributed by atoms with Crippen LogP contribution in [0.4, 0.5) is 23.7 Å². The average Bonchev–Trinajstić information content (AvgIpc) is 3.05. The molecular weight excluding hydrogens is 453 g/mol. The maximum absolute atomic E-state index is 13.3. The lowest BCUT2D eigenvalue weighted by Crippen LogP contribution is -2.40. The van der Waals surface area contributed by atoms with Crippen LogP contribution in [0.1, 0.15) is 55.2 Å². The van der Waals surface area contributed by atoms with Gasteiger partial charge in [-0.3, -0.25) is 0 Å².